The van der Waals surface area contributed by atoms with Crippen LogP contribution in [-0.4, -0.2) is 48.0 Å². The molecular formula is C21H23ClN4O2S. The Morgan fingerprint density at radius 1 is 1.07 bits per heavy atom. The number of hydrogen-bond donors (Lipinski definition) is 2. The summed E-state index contributed by atoms with van der Waals surface area (Å²) in [6.45, 7) is 4.44. The largest absolute Gasteiger partial charge is 0.367 e. The minimum Gasteiger partial charge on any atom is -0.367 e. The number of carbonyl (C=O) groups is 2. The molecule has 0 saturated carbocycles. The lowest BCUT2D eigenvalue weighted by atomic mass is 10.1. The number of nitrogens with one attached hydrogen (secondary N) is 2. The summed E-state index contributed by atoms with van der Waals surface area (Å²) in [4.78, 5) is 28.0. The molecule has 152 valence electrons. The van der Waals surface area contributed by atoms with Crippen molar-refractivity contribution in [2.24, 2.45) is 0 Å². The summed E-state index contributed by atoms with van der Waals surface area (Å²) in [6, 6.07) is 14.9. The summed E-state index contributed by atoms with van der Waals surface area (Å²) in [5.41, 5.74) is 2.33. The molecule has 0 aromatic heterocycles. The summed E-state index contributed by atoms with van der Waals surface area (Å²) >= 11 is 11.6. The zero-order valence-electron chi connectivity index (χ0n) is 16.2. The average Bonchev–Trinajstić information content (AvgIpc) is 2.74. The van der Waals surface area contributed by atoms with Crippen molar-refractivity contribution >= 4 is 52.1 Å². The number of amides is 2. The van der Waals surface area contributed by atoms with Gasteiger partial charge in [0.2, 0.25) is 5.91 Å². The van der Waals surface area contributed by atoms with Crippen molar-refractivity contribution in [3.63, 3.8) is 0 Å². The summed E-state index contributed by atoms with van der Waals surface area (Å²) in [5, 5.41) is 6.39. The van der Waals surface area contributed by atoms with E-state index < -0.39 is 0 Å². The van der Waals surface area contributed by atoms with E-state index in [-0.39, 0.29) is 16.9 Å². The van der Waals surface area contributed by atoms with Gasteiger partial charge in [0.05, 0.1) is 10.7 Å². The van der Waals surface area contributed by atoms with Crippen LogP contribution in [0.1, 0.15) is 23.7 Å². The topological polar surface area (TPSA) is 64.7 Å². The summed E-state index contributed by atoms with van der Waals surface area (Å²) in [7, 11) is 0. The standard InChI is InChI=1S/C21H23ClN4O2S/c1-2-19(27)24-21(29)23-16-8-9-18(17(22)14-16)25-10-12-26(13-11-25)20(28)15-6-4-3-5-7-15/h3-9,14H,2,10-13H2,1H3,(H2,23,24,27,29). The van der Waals surface area contributed by atoms with Gasteiger partial charge in [0.25, 0.3) is 5.91 Å². The Morgan fingerprint density at radius 2 is 1.76 bits per heavy atom. The van der Waals surface area contributed by atoms with Crippen LogP contribution < -0.4 is 15.5 Å². The number of rotatable bonds is 4. The molecular weight excluding hydrogens is 408 g/mol. The van der Waals surface area contributed by atoms with Gasteiger partial charge in [-0.1, -0.05) is 36.7 Å². The Hall–Kier alpha value is -2.64. The van der Waals surface area contributed by atoms with Crippen LogP contribution in [0.5, 0.6) is 0 Å². The van der Waals surface area contributed by atoms with Crippen LogP contribution in [0.4, 0.5) is 11.4 Å². The normalized spacial score (nSPS) is 13.7. The maximum absolute atomic E-state index is 12.6. The number of anilines is 2. The quantitative estimate of drug-likeness (QED) is 0.726. The van der Waals surface area contributed by atoms with Crippen molar-refractivity contribution in [3.05, 3.63) is 59.1 Å². The van der Waals surface area contributed by atoms with Crippen molar-refractivity contribution in [2.75, 3.05) is 36.4 Å². The molecule has 0 unspecified atom stereocenters. The van der Waals surface area contributed by atoms with Crippen molar-refractivity contribution in [3.8, 4) is 0 Å². The monoisotopic (exact) mass is 430 g/mol. The summed E-state index contributed by atoms with van der Waals surface area (Å²) in [5.74, 6) is -0.0910. The van der Waals surface area contributed by atoms with Gasteiger partial charge in [-0.3, -0.25) is 9.59 Å². The van der Waals surface area contributed by atoms with Gasteiger partial charge in [-0.25, -0.2) is 0 Å². The van der Waals surface area contributed by atoms with E-state index in [9.17, 15) is 9.59 Å². The van der Waals surface area contributed by atoms with Gasteiger partial charge in [-0.15, -0.1) is 0 Å². The molecule has 3 rings (SSSR count). The van der Waals surface area contributed by atoms with Gasteiger partial charge < -0.3 is 20.4 Å². The zero-order chi connectivity index (χ0) is 20.8. The number of nitrogens with zero attached hydrogens (tertiary/aromatic N) is 2. The Kier molecular flexibility index (Phi) is 7.06. The van der Waals surface area contributed by atoms with Crippen LogP contribution in [-0.2, 0) is 4.79 Å². The molecule has 0 spiro atoms. The fourth-order valence-corrected chi connectivity index (χ4v) is 3.66. The first-order chi connectivity index (χ1) is 14.0. The second-order valence-corrected chi connectivity index (χ2v) is 7.48. The SMILES string of the molecule is CCC(=O)NC(=S)Nc1ccc(N2CCN(C(=O)c3ccccc3)CC2)c(Cl)c1. The predicted molar refractivity (Wildman–Crippen MR) is 121 cm³/mol. The molecule has 0 radical (unpaired) electrons. The first-order valence-corrected chi connectivity index (χ1v) is 10.3. The highest BCUT2D eigenvalue weighted by Crippen LogP contribution is 2.29. The molecule has 2 aromatic rings. The summed E-state index contributed by atoms with van der Waals surface area (Å²) < 4.78 is 0. The smallest absolute Gasteiger partial charge is 0.253 e. The van der Waals surface area contributed by atoms with Crippen molar-refractivity contribution < 1.29 is 9.59 Å². The van der Waals surface area contributed by atoms with Gasteiger partial charge in [0, 0.05) is 43.9 Å². The van der Waals surface area contributed by atoms with Crippen LogP contribution in [0.3, 0.4) is 0 Å². The predicted octanol–water partition coefficient (Wildman–Crippen LogP) is 3.53. The van der Waals surface area contributed by atoms with E-state index >= 15 is 0 Å². The molecule has 6 nitrogen and oxygen atoms in total. The molecule has 0 bridgehead atoms. The summed E-state index contributed by atoms with van der Waals surface area (Å²) in [6.07, 6.45) is 0.361. The lowest BCUT2D eigenvalue weighted by Gasteiger charge is -2.36. The number of hydrogen-bond acceptors (Lipinski definition) is 4. The number of carbonyl (C=O) groups excluding carboxylic acids is 2. The third-order valence-electron chi connectivity index (χ3n) is 4.71. The van der Waals surface area contributed by atoms with E-state index in [4.69, 9.17) is 23.8 Å². The van der Waals surface area contributed by atoms with E-state index in [1.165, 1.54) is 0 Å². The van der Waals surface area contributed by atoms with Gasteiger partial charge in [0.1, 0.15) is 0 Å². The van der Waals surface area contributed by atoms with E-state index in [1.54, 1.807) is 13.0 Å². The first kappa shape index (κ1) is 21.1. The van der Waals surface area contributed by atoms with Gasteiger partial charge in [-0.2, -0.15) is 0 Å². The van der Waals surface area contributed by atoms with E-state index in [0.717, 1.165) is 5.69 Å². The van der Waals surface area contributed by atoms with Crippen LogP contribution in [0.25, 0.3) is 0 Å². The lowest BCUT2D eigenvalue weighted by Crippen LogP contribution is -2.48. The number of piperazine rings is 1. The van der Waals surface area contributed by atoms with E-state index in [1.807, 2.05) is 47.4 Å². The van der Waals surface area contributed by atoms with E-state index in [2.05, 4.69) is 15.5 Å². The van der Waals surface area contributed by atoms with Gasteiger partial charge in [0.15, 0.2) is 5.11 Å². The molecule has 0 atom stereocenters. The lowest BCUT2D eigenvalue weighted by molar-refractivity contribution is -0.119. The number of halogens is 1. The molecule has 1 heterocycles. The van der Waals surface area contributed by atoms with E-state index in [0.29, 0.717) is 48.9 Å². The molecule has 1 aliphatic heterocycles. The van der Waals surface area contributed by atoms with Crippen molar-refractivity contribution in [1.29, 1.82) is 0 Å². The fourth-order valence-electron chi connectivity index (χ4n) is 3.13. The molecule has 2 N–H and O–H groups in total. The molecule has 2 amide bonds. The van der Waals surface area contributed by atoms with Crippen LogP contribution in [0.2, 0.25) is 5.02 Å². The molecule has 1 fully saturated rings. The maximum Gasteiger partial charge on any atom is 0.253 e. The Balaban J connectivity index is 1.59. The highest BCUT2D eigenvalue weighted by atomic mass is 35.5. The Morgan fingerprint density at radius 3 is 2.38 bits per heavy atom. The molecule has 0 aliphatic carbocycles. The third kappa shape index (κ3) is 5.46. The molecule has 1 aliphatic rings. The average molecular weight is 431 g/mol. The first-order valence-electron chi connectivity index (χ1n) is 9.47. The zero-order valence-corrected chi connectivity index (χ0v) is 17.7. The van der Waals surface area contributed by atoms with Gasteiger partial charge in [-0.05, 0) is 42.5 Å². The van der Waals surface area contributed by atoms with Crippen molar-refractivity contribution in [1.82, 2.24) is 10.2 Å². The second kappa shape index (κ2) is 9.71. The Labute approximate surface area is 180 Å². The molecule has 1 saturated heterocycles. The number of benzene rings is 2. The van der Waals surface area contributed by atoms with Crippen LogP contribution in [0, 0.1) is 0 Å². The highest BCUT2D eigenvalue weighted by Gasteiger charge is 2.23. The maximum atomic E-state index is 12.6. The number of thiocarbonyl (C=S) groups is 1. The second-order valence-electron chi connectivity index (χ2n) is 6.67. The third-order valence-corrected chi connectivity index (χ3v) is 5.21. The molecule has 29 heavy (non-hydrogen) atoms. The molecule has 8 heteroatoms. The molecule has 2 aromatic carbocycles. The van der Waals surface area contributed by atoms with Gasteiger partial charge >= 0.3 is 0 Å². The minimum absolute atomic E-state index is 0.0542. The minimum atomic E-state index is -0.145. The fraction of sp³-hybridized carbons (Fsp3) is 0.286. The Bertz CT molecular complexity index is 899. The highest BCUT2D eigenvalue weighted by molar-refractivity contribution is 7.80. The van der Waals surface area contributed by atoms with Crippen LogP contribution >= 0.6 is 23.8 Å². The van der Waals surface area contributed by atoms with Crippen LogP contribution in [0.15, 0.2) is 48.5 Å². The van der Waals surface area contributed by atoms with Crippen molar-refractivity contribution in [2.45, 2.75) is 13.3 Å².